The number of urea groups is 1. The van der Waals surface area contributed by atoms with Gasteiger partial charge in [-0.2, -0.15) is 0 Å². The van der Waals surface area contributed by atoms with E-state index in [0.717, 1.165) is 74.4 Å². The van der Waals surface area contributed by atoms with Crippen LogP contribution in [0, 0.1) is 0 Å². The van der Waals surface area contributed by atoms with Gasteiger partial charge in [-0.3, -0.25) is 4.40 Å². The van der Waals surface area contributed by atoms with Gasteiger partial charge in [0.25, 0.3) is 0 Å². The molecule has 28 heavy (non-hydrogen) atoms. The maximum atomic E-state index is 13.1. The molecule has 2 amide bonds. The molecule has 0 radical (unpaired) electrons. The summed E-state index contributed by atoms with van der Waals surface area (Å²) in [5.74, 6) is 1.27. The van der Waals surface area contributed by atoms with Crippen LogP contribution in [0.4, 0.5) is 4.79 Å². The number of rotatable bonds is 2. The van der Waals surface area contributed by atoms with Gasteiger partial charge in [0.1, 0.15) is 5.82 Å². The molecule has 0 aromatic carbocycles. The fraction of sp³-hybridized carbons (Fsp3) is 0.550. The number of piperidine rings is 2. The summed E-state index contributed by atoms with van der Waals surface area (Å²) in [5, 5.41) is 3.32. The number of likely N-dealkylation sites (N-methyl/N-ethyl adjacent to an activating group) is 1. The number of amides is 2. The standard InChI is InChI=1S/C20H27N7O/c1-21-15-5-3-9-26(13-15)20(28)25-8-2-4-14(12-25)19-24-11-16-10-23-18-17(27(16)19)6-7-22-18/h6-7,10-11,14-15,21-22H,2-5,8-9,12-13H2,1H3/t14-,15-/m1/s1. The summed E-state index contributed by atoms with van der Waals surface area (Å²) in [5.41, 5.74) is 2.90. The van der Waals surface area contributed by atoms with E-state index in [0.29, 0.717) is 6.04 Å². The quantitative estimate of drug-likeness (QED) is 0.713. The van der Waals surface area contributed by atoms with E-state index in [9.17, 15) is 4.79 Å². The molecule has 0 bridgehead atoms. The number of H-pyrrole nitrogens is 1. The van der Waals surface area contributed by atoms with E-state index in [1.807, 2.05) is 41.5 Å². The highest BCUT2D eigenvalue weighted by atomic mass is 16.2. The summed E-state index contributed by atoms with van der Waals surface area (Å²) in [4.78, 5) is 29.6. The third-order valence-electron chi connectivity index (χ3n) is 6.24. The minimum Gasteiger partial charge on any atom is -0.345 e. The van der Waals surface area contributed by atoms with Crippen molar-refractivity contribution >= 4 is 22.7 Å². The zero-order chi connectivity index (χ0) is 19.1. The molecule has 2 atom stereocenters. The largest absolute Gasteiger partial charge is 0.345 e. The molecule has 2 fully saturated rings. The van der Waals surface area contributed by atoms with Crippen LogP contribution < -0.4 is 5.32 Å². The van der Waals surface area contributed by atoms with Crippen molar-refractivity contribution < 1.29 is 4.79 Å². The van der Waals surface area contributed by atoms with E-state index in [1.54, 1.807) is 0 Å². The molecule has 5 rings (SSSR count). The molecular formula is C20H27N7O. The number of fused-ring (bicyclic) bond motifs is 3. The highest BCUT2D eigenvalue weighted by Crippen LogP contribution is 2.29. The molecule has 2 saturated heterocycles. The van der Waals surface area contributed by atoms with Gasteiger partial charge in [-0.05, 0) is 38.8 Å². The first-order valence-electron chi connectivity index (χ1n) is 10.2. The second-order valence-corrected chi connectivity index (χ2v) is 7.99. The maximum Gasteiger partial charge on any atom is 0.320 e. The van der Waals surface area contributed by atoms with Gasteiger partial charge >= 0.3 is 6.03 Å². The molecule has 3 aromatic rings. The van der Waals surface area contributed by atoms with Gasteiger partial charge in [0.2, 0.25) is 0 Å². The Kier molecular flexibility index (Phi) is 4.43. The van der Waals surface area contributed by atoms with E-state index in [4.69, 9.17) is 4.98 Å². The first-order chi connectivity index (χ1) is 13.7. The van der Waals surface area contributed by atoms with Gasteiger partial charge in [-0.15, -0.1) is 0 Å². The fourth-order valence-corrected chi connectivity index (χ4v) is 4.74. The van der Waals surface area contributed by atoms with Gasteiger partial charge in [0, 0.05) is 44.3 Å². The van der Waals surface area contributed by atoms with Crippen molar-refractivity contribution in [3.8, 4) is 0 Å². The Morgan fingerprint density at radius 3 is 2.79 bits per heavy atom. The lowest BCUT2D eigenvalue weighted by Crippen LogP contribution is -2.53. The van der Waals surface area contributed by atoms with Crippen molar-refractivity contribution in [3.63, 3.8) is 0 Å². The Morgan fingerprint density at radius 2 is 1.93 bits per heavy atom. The molecule has 2 aliphatic rings. The molecular weight excluding hydrogens is 354 g/mol. The van der Waals surface area contributed by atoms with Crippen LogP contribution in [0.5, 0.6) is 0 Å². The average molecular weight is 381 g/mol. The topological polar surface area (TPSA) is 81.6 Å². The van der Waals surface area contributed by atoms with Gasteiger partial charge in [0.15, 0.2) is 5.65 Å². The van der Waals surface area contributed by atoms with Crippen molar-refractivity contribution in [3.05, 3.63) is 30.5 Å². The van der Waals surface area contributed by atoms with E-state index < -0.39 is 0 Å². The lowest BCUT2D eigenvalue weighted by Gasteiger charge is -2.39. The number of likely N-dealkylation sites (tertiary alicyclic amines) is 2. The predicted octanol–water partition coefficient (Wildman–Crippen LogP) is 2.19. The van der Waals surface area contributed by atoms with Crippen LogP contribution in [0.25, 0.3) is 16.7 Å². The van der Waals surface area contributed by atoms with Gasteiger partial charge in [-0.25, -0.2) is 14.8 Å². The van der Waals surface area contributed by atoms with Gasteiger partial charge < -0.3 is 20.1 Å². The fourth-order valence-electron chi connectivity index (χ4n) is 4.74. The van der Waals surface area contributed by atoms with Crippen LogP contribution in [0.3, 0.4) is 0 Å². The molecule has 5 heterocycles. The van der Waals surface area contributed by atoms with Crippen molar-refractivity contribution in [2.24, 2.45) is 0 Å². The van der Waals surface area contributed by atoms with Crippen molar-refractivity contribution in [2.45, 2.75) is 37.6 Å². The zero-order valence-corrected chi connectivity index (χ0v) is 16.3. The first-order valence-corrected chi connectivity index (χ1v) is 10.2. The average Bonchev–Trinajstić information content (AvgIpc) is 3.39. The number of aromatic amines is 1. The second kappa shape index (κ2) is 7.09. The minimum absolute atomic E-state index is 0.180. The molecule has 0 saturated carbocycles. The van der Waals surface area contributed by atoms with Crippen LogP contribution in [0.1, 0.15) is 37.4 Å². The number of carbonyl (C=O) groups excluding carboxylic acids is 1. The summed E-state index contributed by atoms with van der Waals surface area (Å²) >= 11 is 0. The number of aromatic nitrogens is 4. The molecule has 8 nitrogen and oxygen atoms in total. The third-order valence-corrected chi connectivity index (χ3v) is 6.24. The van der Waals surface area contributed by atoms with Crippen molar-refractivity contribution in [1.29, 1.82) is 0 Å². The normalized spacial score (nSPS) is 23.6. The summed E-state index contributed by atoms with van der Waals surface area (Å²) in [6.07, 6.45) is 9.92. The number of imidazole rings is 1. The van der Waals surface area contributed by atoms with Crippen LogP contribution in [-0.4, -0.2) is 74.5 Å². The smallest absolute Gasteiger partial charge is 0.320 e. The van der Waals surface area contributed by atoms with Crippen molar-refractivity contribution in [2.75, 3.05) is 33.2 Å². The van der Waals surface area contributed by atoms with E-state index in [2.05, 4.69) is 19.7 Å². The van der Waals surface area contributed by atoms with Crippen LogP contribution in [-0.2, 0) is 0 Å². The Balaban J connectivity index is 1.39. The molecule has 0 aliphatic carbocycles. The lowest BCUT2D eigenvalue weighted by molar-refractivity contribution is 0.122. The Hall–Kier alpha value is -2.61. The second-order valence-electron chi connectivity index (χ2n) is 7.99. The van der Waals surface area contributed by atoms with Gasteiger partial charge in [0.05, 0.1) is 23.4 Å². The maximum absolute atomic E-state index is 13.1. The van der Waals surface area contributed by atoms with E-state index in [1.165, 1.54) is 0 Å². The Bertz CT molecular complexity index is 993. The molecule has 3 aromatic heterocycles. The number of nitrogens with one attached hydrogen (secondary N) is 2. The Labute approximate surface area is 163 Å². The van der Waals surface area contributed by atoms with E-state index >= 15 is 0 Å². The SMILES string of the molecule is CN[C@@H]1CCCN(C(=O)N2CCC[C@@H](c3ncc4cnc5[nH]ccc5n34)C2)C1. The van der Waals surface area contributed by atoms with Crippen LogP contribution in [0.15, 0.2) is 24.7 Å². The number of carbonyl (C=O) groups is 1. The monoisotopic (exact) mass is 381 g/mol. The zero-order valence-electron chi connectivity index (χ0n) is 16.3. The molecule has 2 aliphatic heterocycles. The van der Waals surface area contributed by atoms with E-state index in [-0.39, 0.29) is 11.9 Å². The number of hydrogen-bond donors (Lipinski definition) is 2. The van der Waals surface area contributed by atoms with Crippen LogP contribution >= 0.6 is 0 Å². The highest BCUT2D eigenvalue weighted by Gasteiger charge is 2.32. The Morgan fingerprint density at radius 1 is 1.14 bits per heavy atom. The summed E-state index contributed by atoms with van der Waals surface area (Å²) in [7, 11) is 1.98. The highest BCUT2D eigenvalue weighted by molar-refractivity contribution is 5.76. The number of nitrogens with zero attached hydrogens (tertiary/aromatic N) is 5. The van der Waals surface area contributed by atoms with Crippen LogP contribution in [0.2, 0.25) is 0 Å². The summed E-state index contributed by atoms with van der Waals surface area (Å²) in [6, 6.07) is 2.63. The first kappa shape index (κ1) is 17.5. The lowest BCUT2D eigenvalue weighted by atomic mass is 9.97. The molecule has 0 unspecified atom stereocenters. The predicted molar refractivity (Wildman–Crippen MR) is 107 cm³/mol. The molecule has 0 spiro atoms. The summed E-state index contributed by atoms with van der Waals surface area (Å²) in [6.45, 7) is 3.23. The number of hydrogen-bond acceptors (Lipinski definition) is 4. The van der Waals surface area contributed by atoms with Crippen molar-refractivity contribution in [1.82, 2.24) is 34.5 Å². The summed E-state index contributed by atoms with van der Waals surface area (Å²) < 4.78 is 2.19. The van der Waals surface area contributed by atoms with Gasteiger partial charge in [-0.1, -0.05) is 0 Å². The minimum atomic E-state index is 0.180. The third kappa shape index (κ3) is 2.92. The molecule has 2 N–H and O–H groups in total. The molecule has 148 valence electrons. The molecule has 8 heteroatoms.